The van der Waals surface area contributed by atoms with Gasteiger partial charge in [-0.15, -0.1) is 11.3 Å². The molecule has 180 valence electrons. The van der Waals surface area contributed by atoms with E-state index in [2.05, 4.69) is 9.97 Å². The number of carbonyl (C=O) groups excluding carboxylic acids is 2. The molecule has 0 spiro atoms. The fourth-order valence-corrected chi connectivity index (χ4v) is 5.46. The molecular formula is C25H20F3N3O3S. The van der Waals surface area contributed by atoms with Gasteiger partial charge >= 0.3 is 12.1 Å². The van der Waals surface area contributed by atoms with Crippen LogP contribution in [0.1, 0.15) is 39.7 Å². The summed E-state index contributed by atoms with van der Waals surface area (Å²) in [5.41, 5.74) is -0.805. The number of amides is 1. The highest BCUT2D eigenvalue weighted by Gasteiger charge is 2.38. The van der Waals surface area contributed by atoms with Gasteiger partial charge in [0.2, 0.25) is 0 Å². The number of halogens is 3. The van der Waals surface area contributed by atoms with Crippen molar-refractivity contribution < 1.29 is 27.5 Å². The molecule has 2 aromatic carbocycles. The maximum absolute atomic E-state index is 13.8. The zero-order valence-corrected chi connectivity index (χ0v) is 19.2. The Bertz CT molecular complexity index is 1390. The molecule has 1 atom stereocenters. The van der Waals surface area contributed by atoms with Crippen LogP contribution in [0.25, 0.3) is 21.1 Å². The van der Waals surface area contributed by atoms with Crippen LogP contribution in [0.2, 0.25) is 0 Å². The minimum Gasteiger partial charge on any atom is -0.452 e. The predicted molar refractivity (Wildman–Crippen MR) is 125 cm³/mol. The Kier molecular flexibility index (Phi) is 6.14. The van der Waals surface area contributed by atoms with Crippen molar-refractivity contribution >= 4 is 44.3 Å². The van der Waals surface area contributed by atoms with Crippen molar-refractivity contribution in [3.63, 3.8) is 0 Å². The number of likely N-dealkylation sites (tertiary alicyclic amines) is 1. The molecule has 2 aromatic heterocycles. The first-order chi connectivity index (χ1) is 16.8. The molecule has 1 saturated heterocycles. The first kappa shape index (κ1) is 23.2. The lowest BCUT2D eigenvalue weighted by Crippen LogP contribution is -2.41. The third-order valence-corrected chi connectivity index (χ3v) is 7.24. The van der Waals surface area contributed by atoms with Crippen LogP contribution < -0.4 is 0 Å². The summed E-state index contributed by atoms with van der Waals surface area (Å²) in [7, 11) is 0. The minimum absolute atomic E-state index is 0.0577. The van der Waals surface area contributed by atoms with E-state index in [4.69, 9.17) is 4.74 Å². The number of alkyl halides is 3. The van der Waals surface area contributed by atoms with Gasteiger partial charge in [0.25, 0.3) is 5.91 Å². The number of hydrogen-bond donors (Lipinski definition) is 0. The highest BCUT2D eigenvalue weighted by atomic mass is 32.1. The van der Waals surface area contributed by atoms with E-state index in [0.29, 0.717) is 13.1 Å². The van der Waals surface area contributed by atoms with Gasteiger partial charge in [-0.3, -0.25) is 9.78 Å². The molecule has 1 aliphatic rings. The zero-order valence-electron chi connectivity index (χ0n) is 18.4. The number of ether oxygens (including phenoxy) is 1. The average Bonchev–Trinajstić information content (AvgIpc) is 3.30. The Hall–Kier alpha value is -3.53. The van der Waals surface area contributed by atoms with E-state index < -0.39 is 35.8 Å². The molecule has 0 N–H and O–H groups in total. The summed E-state index contributed by atoms with van der Waals surface area (Å²) in [6.07, 6.45) is -2.31. The Labute approximate surface area is 202 Å². The van der Waals surface area contributed by atoms with Crippen molar-refractivity contribution in [3.8, 4) is 0 Å². The molecule has 1 amide bonds. The lowest BCUT2D eigenvalue weighted by Gasteiger charge is -2.31. The summed E-state index contributed by atoms with van der Waals surface area (Å²) in [5, 5.41) is 0.744. The Balaban J connectivity index is 1.29. The maximum atomic E-state index is 13.8. The largest absolute Gasteiger partial charge is 0.452 e. The fraction of sp³-hybridized carbons (Fsp3) is 0.280. The number of rotatable bonds is 4. The molecular weight excluding hydrogens is 479 g/mol. The molecule has 0 radical (unpaired) electrons. The Morgan fingerprint density at radius 3 is 2.60 bits per heavy atom. The topological polar surface area (TPSA) is 72.4 Å². The fourth-order valence-electron chi connectivity index (χ4n) is 4.37. The molecule has 1 aliphatic heterocycles. The number of nitrogens with zero attached hydrogens (tertiary/aromatic N) is 3. The van der Waals surface area contributed by atoms with E-state index in [1.54, 1.807) is 22.3 Å². The molecule has 35 heavy (non-hydrogen) atoms. The van der Waals surface area contributed by atoms with E-state index in [9.17, 15) is 22.8 Å². The number of hydrogen-bond acceptors (Lipinski definition) is 6. The van der Waals surface area contributed by atoms with Crippen molar-refractivity contribution in [2.24, 2.45) is 0 Å². The van der Waals surface area contributed by atoms with Crippen molar-refractivity contribution in [2.45, 2.75) is 24.9 Å². The van der Waals surface area contributed by atoms with Gasteiger partial charge < -0.3 is 9.64 Å². The molecule has 0 saturated carbocycles. The molecule has 0 bridgehead atoms. The number of carbonyl (C=O) groups is 2. The third-order valence-electron chi connectivity index (χ3n) is 6.04. The molecule has 4 aromatic rings. The number of aromatic nitrogens is 2. The SMILES string of the molecule is O=C(OCC(=O)N1CCCC(c2nc3ccccc3s2)C1)c1cnc2ccccc2c1C(F)(F)F. The van der Waals surface area contributed by atoms with Gasteiger partial charge in [0, 0.05) is 30.6 Å². The maximum Gasteiger partial charge on any atom is 0.417 e. The van der Waals surface area contributed by atoms with Gasteiger partial charge in [0.15, 0.2) is 6.61 Å². The van der Waals surface area contributed by atoms with Crippen molar-refractivity contribution in [3.05, 3.63) is 70.9 Å². The standard InChI is InChI=1S/C25H20F3N3O3S/c26-25(27,28)22-16-7-1-2-8-18(16)29-12-17(22)24(33)34-14-21(32)31-11-5-6-15(13-31)23-30-19-9-3-4-10-20(19)35-23/h1-4,7-10,12,15H,5-6,11,13-14H2. The second-order valence-electron chi connectivity index (χ2n) is 8.34. The van der Waals surface area contributed by atoms with Crippen LogP contribution in [0.3, 0.4) is 0 Å². The smallest absolute Gasteiger partial charge is 0.417 e. The van der Waals surface area contributed by atoms with E-state index in [-0.39, 0.29) is 16.8 Å². The van der Waals surface area contributed by atoms with Crippen LogP contribution in [-0.2, 0) is 15.7 Å². The van der Waals surface area contributed by atoms with Gasteiger partial charge in [0.05, 0.1) is 31.9 Å². The van der Waals surface area contributed by atoms with E-state index >= 15 is 0 Å². The lowest BCUT2D eigenvalue weighted by molar-refractivity contribution is -0.137. The first-order valence-electron chi connectivity index (χ1n) is 11.1. The number of pyridine rings is 1. The number of esters is 1. The van der Waals surface area contributed by atoms with Gasteiger partial charge in [0.1, 0.15) is 0 Å². The van der Waals surface area contributed by atoms with Crippen LogP contribution in [0, 0.1) is 0 Å². The summed E-state index contributed by atoms with van der Waals surface area (Å²) in [6, 6.07) is 13.5. The van der Waals surface area contributed by atoms with E-state index in [1.807, 2.05) is 24.3 Å². The van der Waals surface area contributed by atoms with Crippen LogP contribution in [-0.4, -0.2) is 46.4 Å². The van der Waals surface area contributed by atoms with Gasteiger partial charge in [-0.2, -0.15) is 13.2 Å². The summed E-state index contributed by atoms with van der Waals surface area (Å²) in [6.45, 7) is 0.264. The minimum atomic E-state index is -4.79. The lowest BCUT2D eigenvalue weighted by atomic mass is 9.99. The second kappa shape index (κ2) is 9.26. The summed E-state index contributed by atoms with van der Waals surface area (Å²) < 4.78 is 47.5. The monoisotopic (exact) mass is 499 g/mol. The summed E-state index contributed by atoms with van der Waals surface area (Å²) in [4.78, 5) is 35.6. The van der Waals surface area contributed by atoms with Crippen molar-refractivity contribution in [2.75, 3.05) is 19.7 Å². The van der Waals surface area contributed by atoms with Crippen LogP contribution in [0.5, 0.6) is 0 Å². The van der Waals surface area contributed by atoms with Gasteiger partial charge in [-0.05, 0) is 31.0 Å². The highest BCUT2D eigenvalue weighted by molar-refractivity contribution is 7.18. The second-order valence-corrected chi connectivity index (χ2v) is 9.40. The van der Waals surface area contributed by atoms with Gasteiger partial charge in [-0.1, -0.05) is 30.3 Å². The van der Waals surface area contributed by atoms with Gasteiger partial charge in [-0.25, -0.2) is 9.78 Å². The van der Waals surface area contributed by atoms with Crippen molar-refractivity contribution in [1.29, 1.82) is 0 Å². The molecule has 1 fully saturated rings. The van der Waals surface area contributed by atoms with Crippen molar-refractivity contribution in [1.82, 2.24) is 14.9 Å². The Morgan fingerprint density at radius 2 is 1.83 bits per heavy atom. The Morgan fingerprint density at radius 1 is 1.09 bits per heavy atom. The number of para-hydroxylation sites is 2. The quantitative estimate of drug-likeness (QED) is 0.351. The molecule has 10 heteroatoms. The first-order valence-corrected chi connectivity index (χ1v) is 11.9. The molecule has 1 unspecified atom stereocenters. The number of piperidine rings is 1. The molecule has 6 nitrogen and oxygen atoms in total. The average molecular weight is 500 g/mol. The normalized spacial score (nSPS) is 16.5. The number of thiazole rings is 1. The third kappa shape index (κ3) is 4.70. The summed E-state index contributed by atoms with van der Waals surface area (Å²) in [5.74, 6) is -1.63. The summed E-state index contributed by atoms with van der Waals surface area (Å²) >= 11 is 1.59. The zero-order chi connectivity index (χ0) is 24.6. The number of fused-ring (bicyclic) bond motifs is 2. The molecule has 3 heterocycles. The van der Waals surface area contributed by atoms with Crippen LogP contribution >= 0.6 is 11.3 Å². The van der Waals surface area contributed by atoms with E-state index in [1.165, 1.54) is 18.2 Å². The molecule has 0 aliphatic carbocycles. The predicted octanol–water partition coefficient (Wildman–Crippen LogP) is 5.43. The highest BCUT2D eigenvalue weighted by Crippen LogP contribution is 2.37. The van der Waals surface area contributed by atoms with Crippen LogP contribution in [0.4, 0.5) is 13.2 Å². The number of benzene rings is 2. The van der Waals surface area contributed by atoms with E-state index in [0.717, 1.165) is 34.3 Å². The van der Waals surface area contributed by atoms with Crippen LogP contribution in [0.15, 0.2) is 54.7 Å². The molecule has 5 rings (SSSR count).